The van der Waals surface area contributed by atoms with Gasteiger partial charge in [-0.1, -0.05) is 18.2 Å². The molecule has 0 bridgehead atoms. The molecule has 2 aromatic carbocycles. The second-order valence-corrected chi connectivity index (χ2v) is 8.71. The topological polar surface area (TPSA) is 75.7 Å². The fourth-order valence-corrected chi connectivity index (χ4v) is 4.76. The van der Waals surface area contributed by atoms with Crippen molar-refractivity contribution in [3.8, 4) is 5.75 Å². The third kappa shape index (κ3) is 3.77. The summed E-state index contributed by atoms with van der Waals surface area (Å²) in [6, 6.07) is 12.9. The number of anilines is 2. The largest absolute Gasteiger partial charge is 0.573 e. The molecule has 1 aliphatic heterocycles. The molecule has 0 saturated carbocycles. The maximum Gasteiger partial charge on any atom is 0.573 e. The zero-order chi connectivity index (χ0) is 20.6. The number of nitrogens with zero attached hydrogens (tertiary/aromatic N) is 1. The van der Waals surface area contributed by atoms with Crippen molar-refractivity contribution in [3.05, 3.63) is 54.6 Å². The van der Waals surface area contributed by atoms with E-state index in [9.17, 15) is 26.4 Å². The van der Waals surface area contributed by atoms with Crippen LogP contribution in [0.2, 0.25) is 0 Å². The highest BCUT2D eigenvalue weighted by Crippen LogP contribution is 2.37. The third-order valence-electron chi connectivity index (χ3n) is 4.52. The fraction of sp³-hybridized carbons (Fsp3) is 0.278. The Kier molecular flexibility index (Phi) is 5.00. The van der Waals surface area contributed by atoms with Crippen LogP contribution in [0.1, 0.15) is 13.3 Å². The molecule has 2 aromatic rings. The number of para-hydroxylation sites is 1. The van der Waals surface area contributed by atoms with Crippen molar-refractivity contribution in [2.24, 2.45) is 0 Å². The van der Waals surface area contributed by atoms with Crippen molar-refractivity contribution >= 4 is 27.3 Å². The van der Waals surface area contributed by atoms with Gasteiger partial charge in [-0.3, -0.25) is 9.10 Å². The van der Waals surface area contributed by atoms with Gasteiger partial charge >= 0.3 is 6.36 Å². The molecule has 0 aromatic heterocycles. The molecule has 1 saturated heterocycles. The smallest absolute Gasteiger partial charge is 0.406 e. The van der Waals surface area contributed by atoms with E-state index >= 15 is 0 Å². The summed E-state index contributed by atoms with van der Waals surface area (Å²) in [6.07, 6.45) is -4.75. The molecule has 1 amide bonds. The monoisotopic (exact) mass is 414 g/mol. The minimum absolute atomic E-state index is 0.0747. The zero-order valence-electron chi connectivity index (χ0n) is 14.7. The van der Waals surface area contributed by atoms with Crippen LogP contribution in [-0.4, -0.2) is 32.0 Å². The highest BCUT2D eigenvalue weighted by atomic mass is 32.2. The Morgan fingerprint density at radius 2 is 1.71 bits per heavy atom. The Morgan fingerprint density at radius 1 is 1.11 bits per heavy atom. The summed E-state index contributed by atoms with van der Waals surface area (Å²) in [5.74, 6) is -1.20. The van der Waals surface area contributed by atoms with Crippen molar-refractivity contribution in [1.29, 1.82) is 0 Å². The van der Waals surface area contributed by atoms with Crippen LogP contribution in [0.15, 0.2) is 54.6 Å². The summed E-state index contributed by atoms with van der Waals surface area (Å²) in [5, 5.41) is 2.46. The van der Waals surface area contributed by atoms with Crippen LogP contribution in [0, 0.1) is 0 Å². The minimum Gasteiger partial charge on any atom is -0.406 e. The lowest BCUT2D eigenvalue weighted by Gasteiger charge is -2.25. The molecule has 1 N–H and O–H groups in total. The lowest BCUT2D eigenvalue weighted by molar-refractivity contribution is -0.274. The van der Waals surface area contributed by atoms with Gasteiger partial charge in [0.25, 0.3) is 0 Å². The van der Waals surface area contributed by atoms with Crippen LogP contribution >= 0.6 is 0 Å². The molecule has 28 heavy (non-hydrogen) atoms. The summed E-state index contributed by atoms with van der Waals surface area (Å²) < 4.78 is 65.8. The van der Waals surface area contributed by atoms with E-state index < -0.39 is 32.8 Å². The van der Waals surface area contributed by atoms with Gasteiger partial charge < -0.3 is 10.1 Å². The predicted octanol–water partition coefficient (Wildman–Crippen LogP) is 3.52. The number of rotatable bonds is 4. The summed E-state index contributed by atoms with van der Waals surface area (Å²) in [6.45, 7) is 1.48. The Hall–Kier alpha value is -2.75. The van der Waals surface area contributed by atoms with Crippen LogP contribution < -0.4 is 14.4 Å². The van der Waals surface area contributed by atoms with Gasteiger partial charge in [-0.05, 0) is 49.7 Å². The first-order chi connectivity index (χ1) is 13.0. The van der Waals surface area contributed by atoms with Gasteiger partial charge in [-0.25, -0.2) is 8.42 Å². The molecule has 6 nitrogen and oxygen atoms in total. The summed E-state index contributed by atoms with van der Waals surface area (Å²) in [4.78, 5) is 12.7. The second kappa shape index (κ2) is 7.01. The van der Waals surface area contributed by atoms with Crippen LogP contribution in [-0.2, 0) is 14.8 Å². The first-order valence-electron chi connectivity index (χ1n) is 8.27. The van der Waals surface area contributed by atoms with Gasteiger partial charge in [0.15, 0.2) is 4.75 Å². The minimum atomic E-state index is -4.82. The van der Waals surface area contributed by atoms with Gasteiger partial charge in [0.05, 0.1) is 5.69 Å². The molecule has 1 atom stereocenters. The van der Waals surface area contributed by atoms with E-state index in [1.54, 1.807) is 30.3 Å². The number of hydrogen-bond donors (Lipinski definition) is 1. The van der Waals surface area contributed by atoms with Crippen molar-refractivity contribution in [3.63, 3.8) is 0 Å². The van der Waals surface area contributed by atoms with E-state index in [-0.39, 0.29) is 18.7 Å². The average molecular weight is 414 g/mol. The summed E-state index contributed by atoms with van der Waals surface area (Å²) in [5.41, 5.74) is 0.627. The molecule has 1 aliphatic rings. The number of nitrogens with one attached hydrogen (secondary N) is 1. The van der Waals surface area contributed by atoms with Crippen LogP contribution in [0.25, 0.3) is 0 Å². The van der Waals surface area contributed by atoms with Gasteiger partial charge in [0.2, 0.25) is 15.9 Å². The first kappa shape index (κ1) is 20.0. The normalized spacial score (nSPS) is 21.4. The Bertz CT molecular complexity index is 963. The number of amides is 1. The first-order valence-corrected chi connectivity index (χ1v) is 9.71. The molecule has 150 valence electrons. The maximum atomic E-state index is 13.0. The Morgan fingerprint density at radius 3 is 2.29 bits per heavy atom. The second-order valence-electron chi connectivity index (χ2n) is 6.42. The SMILES string of the molecule is C[C@]1(C(=O)Nc2ccc(OC(F)(F)F)cc2)CCN(c2ccccc2)S1(=O)=O. The molecule has 0 aliphatic carbocycles. The Labute approximate surface area is 160 Å². The lowest BCUT2D eigenvalue weighted by Crippen LogP contribution is -2.47. The predicted molar refractivity (Wildman–Crippen MR) is 97.5 cm³/mol. The molecule has 0 radical (unpaired) electrons. The van der Waals surface area contributed by atoms with Crippen LogP contribution in [0.4, 0.5) is 24.5 Å². The lowest BCUT2D eigenvalue weighted by atomic mass is 10.1. The molecule has 1 fully saturated rings. The highest BCUT2D eigenvalue weighted by Gasteiger charge is 2.54. The molecule has 10 heteroatoms. The quantitative estimate of drug-likeness (QED) is 0.831. The number of carbonyl (C=O) groups is 1. The maximum absolute atomic E-state index is 13.0. The van der Waals surface area contributed by atoms with Crippen LogP contribution in [0.5, 0.6) is 5.75 Å². The van der Waals surface area contributed by atoms with Crippen molar-refractivity contribution in [2.45, 2.75) is 24.5 Å². The fourth-order valence-electron chi connectivity index (χ4n) is 2.90. The number of ether oxygens (including phenoxy) is 1. The van der Waals surface area contributed by atoms with E-state index in [0.29, 0.717) is 5.69 Å². The van der Waals surface area contributed by atoms with Crippen molar-refractivity contribution < 1.29 is 31.1 Å². The van der Waals surface area contributed by atoms with Crippen molar-refractivity contribution in [2.75, 3.05) is 16.2 Å². The molecule has 0 unspecified atom stereocenters. The zero-order valence-corrected chi connectivity index (χ0v) is 15.5. The number of hydrogen-bond acceptors (Lipinski definition) is 4. The third-order valence-corrected chi connectivity index (χ3v) is 7.02. The van der Waals surface area contributed by atoms with E-state index in [1.807, 2.05) is 0 Å². The number of halogens is 3. The van der Waals surface area contributed by atoms with E-state index in [1.165, 1.54) is 23.4 Å². The number of benzene rings is 2. The summed E-state index contributed by atoms with van der Waals surface area (Å²) in [7, 11) is -3.98. The molecule has 0 spiro atoms. The van der Waals surface area contributed by atoms with Gasteiger partial charge in [0, 0.05) is 12.2 Å². The van der Waals surface area contributed by atoms with Gasteiger partial charge in [-0.15, -0.1) is 13.2 Å². The molecular formula is C18H17F3N2O4S. The van der Waals surface area contributed by atoms with Gasteiger partial charge in [-0.2, -0.15) is 0 Å². The van der Waals surface area contributed by atoms with E-state index in [2.05, 4.69) is 10.1 Å². The van der Waals surface area contributed by atoms with Crippen LogP contribution in [0.3, 0.4) is 0 Å². The molecule has 3 rings (SSSR count). The number of alkyl halides is 3. The number of sulfonamides is 1. The van der Waals surface area contributed by atoms with E-state index in [4.69, 9.17) is 0 Å². The average Bonchev–Trinajstić information content (AvgIpc) is 2.87. The molecular weight excluding hydrogens is 397 g/mol. The number of carbonyl (C=O) groups excluding carboxylic acids is 1. The van der Waals surface area contributed by atoms with Gasteiger partial charge in [0.1, 0.15) is 5.75 Å². The van der Waals surface area contributed by atoms with Crippen molar-refractivity contribution in [1.82, 2.24) is 0 Å². The summed E-state index contributed by atoms with van der Waals surface area (Å²) >= 11 is 0. The highest BCUT2D eigenvalue weighted by molar-refractivity contribution is 7.95. The standard InChI is InChI=1S/C18H17F3N2O4S/c1-17(11-12-23(28(17,25)26)14-5-3-2-4-6-14)16(24)22-13-7-9-15(10-8-13)27-18(19,20)21/h2-10H,11-12H2,1H3,(H,22,24)/t17-/m1/s1. The molecule has 1 heterocycles. The van der Waals surface area contributed by atoms with E-state index in [0.717, 1.165) is 12.1 Å². The Balaban J connectivity index is 1.77.